The molecule has 3 N–H and O–H groups in total. The van der Waals surface area contributed by atoms with Crippen LogP contribution in [0.4, 0.5) is 27.5 Å². The topological polar surface area (TPSA) is 109 Å². The van der Waals surface area contributed by atoms with Crippen LogP contribution in [0.15, 0.2) is 54.7 Å². The largest absolute Gasteiger partial charge is 0.369 e. The molecule has 0 aliphatic carbocycles. The summed E-state index contributed by atoms with van der Waals surface area (Å²) in [6, 6.07) is 13.7. The summed E-state index contributed by atoms with van der Waals surface area (Å²) in [5.74, 6) is 0.338. The van der Waals surface area contributed by atoms with E-state index in [0.29, 0.717) is 53.4 Å². The molecule has 2 aromatic heterocycles. The summed E-state index contributed by atoms with van der Waals surface area (Å²) < 4.78 is 13.6. The Morgan fingerprint density at radius 3 is 2.38 bits per heavy atom. The number of piperazine rings is 1. The number of amides is 1. The number of ketones is 1. The monoisotopic (exact) mass is 612 g/mol. The number of carbonyl (C=O) groups is 2. The Bertz CT molecular complexity index is 1670. The minimum absolute atomic E-state index is 0.0496. The van der Waals surface area contributed by atoms with Gasteiger partial charge in [0.05, 0.1) is 10.9 Å². The Morgan fingerprint density at radius 1 is 0.978 bits per heavy atom. The highest BCUT2D eigenvalue weighted by molar-refractivity contribution is 6.18. The van der Waals surface area contributed by atoms with Gasteiger partial charge in [-0.25, -0.2) is 4.39 Å². The predicted molar refractivity (Wildman–Crippen MR) is 176 cm³/mol. The van der Waals surface area contributed by atoms with Gasteiger partial charge in [-0.05, 0) is 67.4 Å². The molecule has 0 saturated carbocycles. The molecule has 11 heteroatoms. The normalized spacial score (nSPS) is 17.6. The minimum Gasteiger partial charge on any atom is -0.369 e. The van der Waals surface area contributed by atoms with Crippen LogP contribution in [0.1, 0.15) is 49.5 Å². The number of likely N-dealkylation sites (N-methyl/N-ethyl adjacent to an activating group) is 1. The highest BCUT2D eigenvalue weighted by Crippen LogP contribution is 2.31. The van der Waals surface area contributed by atoms with Gasteiger partial charge in [-0.1, -0.05) is 20.8 Å². The number of H-pyrrole nitrogens is 1. The number of benzene rings is 2. The second-order valence-corrected chi connectivity index (χ2v) is 13.3. The number of likely N-dealkylation sites (tertiary alicyclic amines) is 1. The molecule has 2 aromatic carbocycles. The summed E-state index contributed by atoms with van der Waals surface area (Å²) >= 11 is 0. The number of halogens is 1. The summed E-state index contributed by atoms with van der Waals surface area (Å²) in [4.78, 5) is 45.8. The van der Waals surface area contributed by atoms with Crippen molar-refractivity contribution in [2.45, 2.75) is 39.7 Å². The van der Waals surface area contributed by atoms with E-state index in [1.54, 1.807) is 6.20 Å². The fourth-order valence-electron chi connectivity index (χ4n) is 5.94. The predicted octanol–water partition coefficient (Wildman–Crippen LogP) is 5.27. The molecule has 45 heavy (non-hydrogen) atoms. The lowest BCUT2D eigenvalue weighted by Crippen LogP contribution is -2.44. The van der Waals surface area contributed by atoms with Crippen LogP contribution >= 0.6 is 0 Å². The van der Waals surface area contributed by atoms with Crippen molar-refractivity contribution in [3.63, 3.8) is 0 Å². The first-order valence-corrected chi connectivity index (χ1v) is 15.6. The van der Waals surface area contributed by atoms with Gasteiger partial charge in [-0.15, -0.1) is 0 Å². The number of hydrogen-bond acceptors (Lipinski definition) is 8. The summed E-state index contributed by atoms with van der Waals surface area (Å²) in [6.45, 7) is 11.4. The third-order valence-corrected chi connectivity index (χ3v) is 8.44. The zero-order chi connectivity index (χ0) is 31.7. The van der Waals surface area contributed by atoms with Crippen molar-refractivity contribution >= 4 is 45.9 Å². The third kappa shape index (κ3) is 7.09. The molecular weight excluding hydrogens is 571 g/mol. The summed E-state index contributed by atoms with van der Waals surface area (Å²) in [5.41, 5.74) is 3.17. The molecule has 4 heterocycles. The van der Waals surface area contributed by atoms with Crippen LogP contribution in [0, 0.1) is 11.2 Å². The van der Waals surface area contributed by atoms with Crippen LogP contribution in [0.25, 0.3) is 11.0 Å². The number of fused-ring (bicyclic) bond motifs is 1. The zero-order valence-electron chi connectivity index (χ0n) is 26.4. The van der Waals surface area contributed by atoms with Crippen molar-refractivity contribution in [1.29, 1.82) is 0 Å². The standard InChI is InChI=1S/C34H41FN8O2/c1-34(2,3)19-28(44)43-14-13-25(21-43)37-32-29-27(30(45)22-5-7-23(35)8-6-22)20-36-31(29)39-33(40-32)38-24-9-11-26(12-10-24)42-17-15-41(4)16-18-42/h5-12,20,25H,13-19,21H2,1-4H3,(H3,36,37,38,39,40)/t25-/m0/s1. The Morgan fingerprint density at radius 2 is 1.69 bits per heavy atom. The summed E-state index contributed by atoms with van der Waals surface area (Å²) in [5, 5.41) is 7.41. The van der Waals surface area contributed by atoms with E-state index in [0.717, 1.165) is 38.3 Å². The lowest BCUT2D eigenvalue weighted by Gasteiger charge is -2.34. The molecule has 10 nitrogen and oxygen atoms in total. The van der Waals surface area contributed by atoms with Crippen molar-refractivity contribution in [3.8, 4) is 0 Å². The maximum Gasteiger partial charge on any atom is 0.231 e. The van der Waals surface area contributed by atoms with Gasteiger partial charge in [0.1, 0.15) is 17.3 Å². The Balaban J connectivity index is 1.27. The van der Waals surface area contributed by atoms with Crippen molar-refractivity contribution in [1.82, 2.24) is 24.8 Å². The van der Waals surface area contributed by atoms with Crippen molar-refractivity contribution in [2.24, 2.45) is 5.41 Å². The van der Waals surface area contributed by atoms with Gasteiger partial charge >= 0.3 is 0 Å². The van der Waals surface area contributed by atoms with Crippen LogP contribution in [-0.4, -0.2) is 88.8 Å². The Kier molecular flexibility index (Phi) is 8.46. The van der Waals surface area contributed by atoms with E-state index in [2.05, 4.69) is 65.4 Å². The van der Waals surface area contributed by atoms with Crippen LogP contribution in [0.3, 0.4) is 0 Å². The number of rotatable bonds is 8. The summed E-state index contributed by atoms with van der Waals surface area (Å²) in [7, 11) is 2.14. The SMILES string of the molecule is CN1CCN(c2ccc(Nc3nc(N[C@H]4CCN(C(=O)CC(C)(C)C)C4)c4c(C(=O)c5ccc(F)cc5)c[nH]c4n3)cc2)CC1. The van der Waals surface area contributed by atoms with Gasteiger partial charge in [0, 0.05) is 74.9 Å². The fourth-order valence-corrected chi connectivity index (χ4v) is 5.94. The molecule has 0 spiro atoms. The summed E-state index contributed by atoms with van der Waals surface area (Å²) in [6.07, 6.45) is 2.86. The Labute approximate surface area is 263 Å². The molecular formula is C34H41FN8O2. The third-order valence-electron chi connectivity index (χ3n) is 8.44. The average Bonchev–Trinajstić information content (AvgIpc) is 3.65. The highest BCUT2D eigenvalue weighted by Gasteiger charge is 2.30. The minimum atomic E-state index is -0.407. The van der Waals surface area contributed by atoms with Crippen molar-refractivity contribution in [2.75, 3.05) is 61.8 Å². The van der Waals surface area contributed by atoms with E-state index in [4.69, 9.17) is 9.97 Å². The first-order chi connectivity index (χ1) is 21.5. The van der Waals surface area contributed by atoms with Gasteiger partial charge in [0.2, 0.25) is 11.9 Å². The molecule has 2 saturated heterocycles. The zero-order valence-corrected chi connectivity index (χ0v) is 26.4. The van der Waals surface area contributed by atoms with Gasteiger partial charge in [0.25, 0.3) is 0 Å². The van der Waals surface area contributed by atoms with Crippen LogP contribution < -0.4 is 15.5 Å². The quantitative estimate of drug-likeness (QED) is 0.231. The number of carbonyl (C=O) groups excluding carboxylic acids is 2. The second-order valence-electron chi connectivity index (χ2n) is 13.3. The molecule has 6 rings (SSSR count). The molecule has 2 aliphatic rings. The molecule has 1 atom stereocenters. The molecule has 4 aromatic rings. The average molecular weight is 613 g/mol. The first kappa shape index (κ1) is 30.5. The lowest BCUT2D eigenvalue weighted by atomic mass is 9.92. The molecule has 2 fully saturated rings. The van der Waals surface area contributed by atoms with Gasteiger partial charge in [0.15, 0.2) is 5.78 Å². The van der Waals surface area contributed by atoms with E-state index in [-0.39, 0.29) is 23.1 Å². The maximum atomic E-state index is 13.6. The Hall–Kier alpha value is -4.51. The molecule has 1 amide bonds. The lowest BCUT2D eigenvalue weighted by molar-refractivity contribution is -0.132. The van der Waals surface area contributed by atoms with E-state index in [1.807, 2.05) is 17.0 Å². The van der Waals surface area contributed by atoms with Gasteiger partial charge < -0.3 is 30.3 Å². The van der Waals surface area contributed by atoms with E-state index >= 15 is 0 Å². The highest BCUT2D eigenvalue weighted by atomic mass is 19.1. The number of aromatic nitrogens is 3. The van der Waals surface area contributed by atoms with E-state index in [1.165, 1.54) is 30.0 Å². The number of aromatic amines is 1. The van der Waals surface area contributed by atoms with Crippen LogP contribution in [0.5, 0.6) is 0 Å². The van der Waals surface area contributed by atoms with E-state index < -0.39 is 5.82 Å². The smallest absolute Gasteiger partial charge is 0.231 e. The fraction of sp³-hybridized carbons (Fsp3) is 0.412. The molecule has 2 aliphatic heterocycles. The van der Waals surface area contributed by atoms with Crippen molar-refractivity contribution in [3.05, 3.63) is 71.7 Å². The molecule has 236 valence electrons. The number of nitrogens with one attached hydrogen (secondary N) is 3. The molecule has 0 bridgehead atoms. The molecule has 0 unspecified atom stereocenters. The number of nitrogens with zero attached hydrogens (tertiary/aromatic N) is 5. The van der Waals surface area contributed by atoms with Crippen molar-refractivity contribution < 1.29 is 14.0 Å². The maximum absolute atomic E-state index is 13.6. The number of anilines is 4. The second kappa shape index (κ2) is 12.5. The van der Waals surface area contributed by atoms with Gasteiger partial charge in [-0.2, -0.15) is 9.97 Å². The van der Waals surface area contributed by atoms with Crippen LogP contribution in [0.2, 0.25) is 0 Å². The van der Waals surface area contributed by atoms with Crippen LogP contribution in [-0.2, 0) is 4.79 Å². The van der Waals surface area contributed by atoms with E-state index in [9.17, 15) is 14.0 Å². The van der Waals surface area contributed by atoms with Gasteiger partial charge in [-0.3, -0.25) is 9.59 Å². The molecule has 0 radical (unpaired) electrons. The number of hydrogen-bond donors (Lipinski definition) is 3. The first-order valence-electron chi connectivity index (χ1n) is 15.6.